The molecular weight excluding hydrogens is 526 g/mol. The van der Waals surface area contributed by atoms with E-state index in [1.807, 2.05) is 71.4 Å². The van der Waals surface area contributed by atoms with E-state index in [-0.39, 0.29) is 0 Å². The summed E-state index contributed by atoms with van der Waals surface area (Å²) in [4.78, 5) is 11.9. The number of rotatable bonds is 7. The van der Waals surface area contributed by atoms with Crippen LogP contribution in [0.3, 0.4) is 0 Å². The first-order valence-electron chi connectivity index (χ1n) is 12.0. The lowest BCUT2D eigenvalue weighted by Crippen LogP contribution is -2.38. The zero-order chi connectivity index (χ0) is 25.8. The van der Waals surface area contributed by atoms with Gasteiger partial charge in [0.05, 0.1) is 12.1 Å². The van der Waals surface area contributed by atoms with E-state index in [0.717, 1.165) is 27.6 Å². The average Bonchev–Trinajstić information content (AvgIpc) is 3.25. The smallest absolute Gasteiger partial charge is 0.330 e. The second-order valence-electron chi connectivity index (χ2n) is 8.59. The molecule has 5 nitrogen and oxygen atoms in total. The summed E-state index contributed by atoms with van der Waals surface area (Å²) < 4.78 is 7.74. The van der Waals surface area contributed by atoms with Crippen LogP contribution >= 0.6 is 15.9 Å². The van der Waals surface area contributed by atoms with E-state index in [2.05, 4.69) is 52.3 Å². The number of nitrogens with two attached hydrogens (primary N) is 1. The fourth-order valence-electron chi connectivity index (χ4n) is 4.81. The van der Waals surface area contributed by atoms with Crippen LogP contribution in [0.2, 0.25) is 0 Å². The Hall–Kier alpha value is -4.16. The lowest BCUT2D eigenvalue weighted by atomic mass is 9.77. The first-order valence-corrected chi connectivity index (χ1v) is 12.8. The summed E-state index contributed by atoms with van der Waals surface area (Å²) in [5.41, 5.74) is 11.0. The van der Waals surface area contributed by atoms with Crippen LogP contribution in [-0.2, 0) is 15.1 Å². The van der Waals surface area contributed by atoms with Crippen molar-refractivity contribution >= 4 is 44.6 Å². The molecule has 184 valence electrons. The number of esters is 1. The number of aromatic nitrogens is 2. The summed E-state index contributed by atoms with van der Waals surface area (Å²) >= 11 is 3.70. The summed E-state index contributed by atoms with van der Waals surface area (Å²) in [6.45, 7) is 2.09. The predicted molar refractivity (Wildman–Crippen MR) is 152 cm³/mol. The number of fused-ring (bicyclic) bond motifs is 1. The second kappa shape index (κ2) is 10.4. The maximum absolute atomic E-state index is 11.9. The van der Waals surface area contributed by atoms with Gasteiger partial charge in [0.1, 0.15) is 10.1 Å². The number of hydrogen-bond donors (Lipinski definition) is 1. The molecule has 0 atom stereocenters. The van der Waals surface area contributed by atoms with Gasteiger partial charge in [-0.05, 0) is 63.3 Å². The SMILES string of the molecule is CCOC(=O)/C=C/c1cc2c(Br)nn(C(c3ccccc3)(c3ccccc3)c3ccccc3)c2cc1N. The lowest BCUT2D eigenvalue weighted by Gasteiger charge is -2.37. The Morgan fingerprint density at radius 3 is 1.92 bits per heavy atom. The molecule has 1 aromatic heterocycles. The van der Waals surface area contributed by atoms with Crippen LogP contribution in [0.1, 0.15) is 29.2 Å². The first-order chi connectivity index (χ1) is 18.1. The average molecular weight is 552 g/mol. The largest absolute Gasteiger partial charge is 0.463 e. The molecule has 0 saturated carbocycles. The highest BCUT2D eigenvalue weighted by molar-refractivity contribution is 9.10. The van der Waals surface area contributed by atoms with Gasteiger partial charge < -0.3 is 10.5 Å². The zero-order valence-corrected chi connectivity index (χ0v) is 21.9. The standard InChI is InChI=1S/C31H26BrN3O2/c1-2-37-29(36)19-18-22-20-26-28(21-27(22)33)35(34-30(26)32)31(23-12-6-3-7-13-23,24-14-8-4-9-15-24)25-16-10-5-11-17-25/h3-21H,2,33H2,1H3/b19-18+. The van der Waals surface area contributed by atoms with Gasteiger partial charge in [-0.3, -0.25) is 0 Å². The number of carbonyl (C=O) groups is 1. The Balaban J connectivity index is 1.83. The van der Waals surface area contributed by atoms with E-state index in [1.165, 1.54) is 6.08 Å². The van der Waals surface area contributed by atoms with Crippen molar-refractivity contribution in [3.05, 3.63) is 136 Å². The number of benzene rings is 4. The molecule has 5 rings (SSSR count). The quantitative estimate of drug-likeness (QED) is 0.104. The van der Waals surface area contributed by atoms with Gasteiger partial charge >= 0.3 is 5.97 Å². The normalized spacial score (nSPS) is 11.7. The molecule has 37 heavy (non-hydrogen) atoms. The third kappa shape index (κ3) is 4.45. The third-order valence-corrected chi connectivity index (χ3v) is 7.00. The minimum atomic E-state index is -0.775. The van der Waals surface area contributed by atoms with Crippen molar-refractivity contribution in [1.82, 2.24) is 9.78 Å². The summed E-state index contributed by atoms with van der Waals surface area (Å²) in [6.07, 6.45) is 3.07. The molecule has 5 aromatic rings. The minimum absolute atomic E-state index is 0.316. The van der Waals surface area contributed by atoms with Gasteiger partial charge in [0, 0.05) is 17.1 Å². The van der Waals surface area contributed by atoms with Gasteiger partial charge in [0.25, 0.3) is 0 Å². The Morgan fingerprint density at radius 1 is 0.919 bits per heavy atom. The van der Waals surface area contributed by atoms with Gasteiger partial charge in [0.15, 0.2) is 0 Å². The van der Waals surface area contributed by atoms with Crippen molar-refractivity contribution in [3.8, 4) is 0 Å². The highest BCUT2D eigenvalue weighted by Crippen LogP contribution is 2.44. The van der Waals surface area contributed by atoms with Crippen LogP contribution in [0.4, 0.5) is 5.69 Å². The van der Waals surface area contributed by atoms with Crippen LogP contribution in [0.5, 0.6) is 0 Å². The molecule has 0 aliphatic heterocycles. The van der Waals surface area contributed by atoms with Crippen LogP contribution < -0.4 is 5.73 Å². The fraction of sp³-hybridized carbons (Fsp3) is 0.0968. The Morgan fingerprint density at radius 2 is 1.43 bits per heavy atom. The number of nitrogens with zero attached hydrogens (tertiary/aromatic N) is 2. The molecule has 1 heterocycles. The van der Waals surface area contributed by atoms with E-state index < -0.39 is 11.5 Å². The number of anilines is 1. The van der Waals surface area contributed by atoms with E-state index >= 15 is 0 Å². The van der Waals surface area contributed by atoms with Gasteiger partial charge in [-0.15, -0.1) is 0 Å². The Kier molecular flexibility index (Phi) is 6.93. The van der Waals surface area contributed by atoms with Crippen molar-refractivity contribution < 1.29 is 9.53 Å². The highest BCUT2D eigenvalue weighted by atomic mass is 79.9. The topological polar surface area (TPSA) is 70.1 Å². The maximum Gasteiger partial charge on any atom is 0.330 e. The van der Waals surface area contributed by atoms with E-state index in [1.54, 1.807) is 13.0 Å². The van der Waals surface area contributed by atoms with E-state index in [4.69, 9.17) is 15.6 Å². The monoisotopic (exact) mass is 551 g/mol. The van der Waals surface area contributed by atoms with Gasteiger partial charge in [0.2, 0.25) is 0 Å². The van der Waals surface area contributed by atoms with Crippen molar-refractivity contribution in [2.24, 2.45) is 0 Å². The number of halogens is 1. The van der Waals surface area contributed by atoms with Crippen molar-refractivity contribution in [3.63, 3.8) is 0 Å². The Bertz CT molecular complexity index is 1470. The summed E-state index contributed by atoms with van der Waals surface area (Å²) in [6, 6.07) is 34.9. The lowest BCUT2D eigenvalue weighted by molar-refractivity contribution is -0.137. The van der Waals surface area contributed by atoms with E-state index in [9.17, 15) is 4.79 Å². The summed E-state index contributed by atoms with van der Waals surface area (Å²) in [5.74, 6) is -0.409. The summed E-state index contributed by atoms with van der Waals surface area (Å²) in [7, 11) is 0. The molecule has 0 bridgehead atoms. The Labute approximate surface area is 224 Å². The number of nitrogen functional groups attached to an aromatic ring is 1. The third-order valence-electron chi connectivity index (χ3n) is 6.42. The molecule has 0 aliphatic carbocycles. The van der Waals surface area contributed by atoms with Crippen LogP contribution in [0.15, 0.2) is 114 Å². The number of carbonyl (C=O) groups excluding carboxylic acids is 1. The molecule has 6 heteroatoms. The molecule has 2 N–H and O–H groups in total. The molecule has 0 saturated heterocycles. The van der Waals surface area contributed by atoms with Crippen molar-refractivity contribution in [1.29, 1.82) is 0 Å². The number of hydrogen-bond acceptors (Lipinski definition) is 4. The molecule has 0 radical (unpaired) electrons. The minimum Gasteiger partial charge on any atom is -0.463 e. The molecule has 4 aromatic carbocycles. The molecular formula is C31H26BrN3O2. The first kappa shape index (κ1) is 24.5. The zero-order valence-electron chi connectivity index (χ0n) is 20.3. The van der Waals surface area contributed by atoms with E-state index in [0.29, 0.717) is 22.5 Å². The molecule has 0 aliphatic rings. The fourth-order valence-corrected chi connectivity index (χ4v) is 5.29. The van der Waals surface area contributed by atoms with Crippen LogP contribution in [0.25, 0.3) is 17.0 Å². The molecule has 0 amide bonds. The van der Waals surface area contributed by atoms with Crippen molar-refractivity contribution in [2.45, 2.75) is 12.5 Å². The number of ether oxygens (including phenoxy) is 1. The van der Waals surface area contributed by atoms with Gasteiger partial charge in [-0.1, -0.05) is 91.0 Å². The van der Waals surface area contributed by atoms with Crippen LogP contribution in [0, 0.1) is 0 Å². The maximum atomic E-state index is 11.9. The predicted octanol–water partition coefficient (Wildman–Crippen LogP) is 6.80. The molecule has 0 fully saturated rings. The van der Waals surface area contributed by atoms with Gasteiger partial charge in [-0.25, -0.2) is 9.48 Å². The molecule has 0 unspecified atom stereocenters. The van der Waals surface area contributed by atoms with Gasteiger partial charge in [-0.2, -0.15) is 5.10 Å². The molecule has 0 spiro atoms. The van der Waals surface area contributed by atoms with Crippen LogP contribution in [-0.4, -0.2) is 22.4 Å². The van der Waals surface area contributed by atoms with Crippen molar-refractivity contribution in [2.75, 3.05) is 12.3 Å². The summed E-state index contributed by atoms with van der Waals surface area (Å²) in [5, 5.41) is 5.94. The second-order valence-corrected chi connectivity index (χ2v) is 9.35. The highest BCUT2D eigenvalue weighted by Gasteiger charge is 2.40.